The van der Waals surface area contributed by atoms with E-state index in [1.807, 2.05) is 4.90 Å². The van der Waals surface area contributed by atoms with Gasteiger partial charge in [0.1, 0.15) is 5.71 Å². The zero-order valence-electron chi connectivity index (χ0n) is 17.4. The van der Waals surface area contributed by atoms with Crippen molar-refractivity contribution in [1.29, 1.82) is 0 Å². The molecule has 29 heavy (non-hydrogen) atoms. The molecule has 150 valence electrons. The normalized spacial score (nSPS) is 33.4. The van der Waals surface area contributed by atoms with Crippen molar-refractivity contribution in [2.45, 2.75) is 87.9 Å². The maximum atomic E-state index is 5.51. The maximum Gasteiger partial charge on any atom is 0.209 e. The Bertz CT molecular complexity index is 905. The van der Waals surface area contributed by atoms with Crippen LogP contribution in [0.15, 0.2) is 59.6 Å². The Labute approximate surface area is 175 Å². The second kappa shape index (κ2) is 7.09. The zero-order chi connectivity index (χ0) is 19.3. The molecule has 1 saturated heterocycles. The van der Waals surface area contributed by atoms with E-state index in [2.05, 4.69) is 54.6 Å². The average molecular weight is 386 g/mol. The van der Waals surface area contributed by atoms with E-state index in [0.717, 1.165) is 6.04 Å². The quantitative estimate of drug-likeness (QED) is 0.740. The van der Waals surface area contributed by atoms with Gasteiger partial charge < -0.3 is 4.90 Å². The molecule has 2 nitrogen and oxygen atoms in total. The highest BCUT2D eigenvalue weighted by atomic mass is 15.4. The van der Waals surface area contributed by atoms with Gasteiger partial charge >= 0.3 is 0 Å². The van der Waals surface area contributed by atoms with Gasteiger partial charge in [0, 0.05) is 16.7 Å². The van der Waals surface area contributed by atoms with Crippen molar-refractivity contribution in [3.63, 3.8) is 0 Å². The third kappa shape index (κ3) is 2.68. The van der Waals surface area contributed by atoms with E-state index in [9.17, 15) is 0 Å². The molecule has 2 saturated carbocycles. The summed E-state index contributed by atoms with van der Waals surface area (Å²) >= 11 is 0. The Morgan fingerprint density at radius 3 is 2.14 bits per heavy atom. The third-order valence-electron chi connectivity index (χ3n) is 8.19. The minimum Gasteiger partial charge on any atom is -0.301 e. The molecule has 2 aromatic carbocycles. The SMILES string of the molecule is c1ccc([C@]23c4ccccc4C(=NC4CCCCC4)[C@H]2[NH+]3C2CCCCC2)cc1. The van der Waals surface area contributed by atoms with Gasteiger partial charge in [-0.05, 0) is 38.5 Å². The van der Waals surface area contributed by atoms with Gasteiger partial charge in [-0.15, -0.1) is 0 Å². The molecule has 6 rings (SSSR count). The van der Waals surface area contributed by atoms with E-state index in [1.165, 1.54) is 81.0 Å². The number of hydrogen-bond donors (Lipinski definition) is 1. The first kappa shape index (κ1) is 17.9. The highest BCUT2D eigenvalue weighted by Crippen LogP contribution is 2.49. The standard InChI is InChI=1S/C27H32N2/c1-4-12-20(13-5-1)27-24-19-11-10-18-23(24)25(28-21-14-6-2-7-15-21)26(27)29(27)22-16-8-3-9-17-22/h1,4-5,10-13,18-19,21-22,26H,2-3,6-9,14-17H2/p+1/t26-,27+,29?/m1/s1. The highest BCUT2D eigenvalue weighted by Gasteiger charge is 2.79. The Morgan fingerprint density at radius 1 is 0.724 bits per heavy atom. The predicted octanol–water partition coefficient (Wildman–Crippen LogP) is 4.67. The van der Waals surface area contributed by atoms with Crippen LogP contribution in [0.25, 0.3) is 0 Å². The molecule has 1 aliphatic heterocycles. The van der Waals surface area contributed by atoms with E-state index in [0.29, 0.717) is 12.1 Å². The molecular weight excluding hydrogens is 352 g/mol. The lowest BCUT2D eigenvalue weighted by Crippen LogP contribution is -3.04. The molecule has 3 fully saturated rings. The molecule has 0 amide bonds. The number of nitrogens with one attached hydrogen (secondary N) is 1. The Morgan fingerprint density at radius 2 is 1.38 bits per heavy atom. The lowest BCUT2D eigenvalue weighted by molar-refractivity contribution is -0.832. The van der Waals surface area contributed by atoms with Crippen LogP contribution >= 0.6 is 0 Å². The molecule has 1 heterocycles. The monoisotopic (exact) mass is 385 g/mol. The summed E-state index contributed by atoms with van der Waals surface area (Å²) in [5.41, 5.74) is 6.06. The van der Waals surface area contributed by atoms with Crippen molar-refractivity contribution < 1.29 is 4.90 Å². The molecule has 0 radical (unpaired) electrons. The van der Waals surface area contributed by atoms with Gasteiger partial charge in [-0.3, -0.25) is 4.99 Å². The van der Waals surface area contributed by atoms with Gasteiger partial charge in [-0.1, -0.05) is 80.3 Å². The predicted molar refractivity (Wildman–Crippen MR) is 119 cm³/mol. The summed E-state index contributed by atoms with van der Waals surface area (Å²) in [6.07, 6.45) is 13.7. The number of benzene rings is 2. The molecule has 3 aliphatic carbocycles. The number of quaternary nitrogens is 1. The fraction of sp³-hybridized carbons (Fsp3) is 0.519. The van der Waals surface area contributed by atoms with Crippen LogP contribution in [-0.4, -0.2) is 23.8 Å². The fourth-order valence-electron chi connectivity index (χ4n) is 6.93. The molecule has 0 spiro atoms. The zero-order valence-corrected chi connectivity index (χ0v) is 17.4. The minimum atomic E-state index is 0.118. The highest BCUT2D eigenvalue weighted by molar-refractivity contribution is 6.11. The van der Waals surface area contributed by atoms with Crippen molar-refractivity contribution in [3.8, 4) is 0 Å². The molecule has 4 aliphatic rings. The number of hydrogen-bond acceptors (Lipinski definition) is 1. The first-order chi connectivity index (χ1) is 14.4. The second-order valence-electron chi connectivity index (χ2n) is 9.75. The van der Waals surface area contributed by atoms with Gasteiger partial charge in [0.2, 0.25) is 5.54 Å². The summed E-state index contributed by atoms with van der Waals surface area (Å²) in [4.78, 5) is 7.33. The first-order valence-electron chi connectivity index (χ1n) is 12.0. The summed E-state index contributed by atoms with van der Waals surface area (Å²) in [5.74, 6) is 0. The van der Waals surface area contributed by atoms with Crippen LogP contribution in [0.3, 0.4) is 0 Å². The molecule has 2 aromatic rings. The van der Waals surface area contributed by atoms with Crippen molar-refractivity contribution in [3.05, 3.63) is 71.3 Å². The van der Waals surface area contributed by atoms with Crippen LogP contribution in [0.4, 0.5) is 0 Å². The largest absolute Gasteiger partial charge is 0.301 e. The maximum absolute atomic E-state index is 5.51. The summed E-state index contributed by atoms with van der Waals surface area (Å²) < 4.78 is 0. The van der Waals surface area contributed by atoms with Crippen LogP contribution in [0.1, 0.15) is 80.9 Å². The molecular formula is C27H33N2+. The van der Waals surface area contributed by atoms with Gasteiger partial charge in [-0.25, -0.2) is 0 Å². The van der Waals surface area contributed by atoms with Crippen LogP contribution in [0, 0.1) is 0 Å². The molecule has 0 bridgehead atoms. The van der Waals surface area contributed by atoms with Gasteiger partial charge in [0.25, 0.3) is 0 Å². The molecule has 3 atom stereocenters. The van der Waals surface area contributed by atoms with Gasteiger partial charge in [0.15, 0.2) is 6.04 Å². The first-order valence-corrected chi connectivity index (χ1v) is 12.0. The topological polar surface area (TPSA) is 16.8 Å². The van der Waals surface area contributed by atoms with Crippen molar-refractivity contribution in [2.24, 2.45) is 4.99 Å². The molecule has 1 N–H and O–H groups in total. The molecule has 2 heteroatoms. The smallest absolute Gasteiger partial charge is 0.209 e. The van der Waals surface area contributed by atoms with E-state index >= 15 is 0 Å². The summed E-state index contributed by atoms with van der Waals surface area (Å²) in [7, 11) is 0. The van der Waals surface area contributed by atoms with E-state index < -0.39 is 0 Å². The molecule has 0 aromatic heterocycles. The van der Waals surface area contributed by atoms with Crippen LogP contribution in [0.5, 0.6) is 0 Å². The number of aliphatic imine (C=N–C) groups is 1. The second-order valence-corrected chi connectivity index (χ2v) is 9.75. The van der Waals surface area contributed by atoms with Gasteiger partial charge in [-0.2, -0.15) is 0 Å². The summed E-state index contributed by atoms with van der Waals surface area (Å²) in [6.45, 7) is 0. The average Bonchev–Trinajstić information content (AvgIpc) is 3.42. The fourth-order valence-corrected chi connectivity index (χ4v) is 6.93. The van der Waals surface area contributed by atoms with Crippen molar-refractivity contribution in [2.75, 3.05) is 0 Å². The van der Waals surface area contributed by atoms with Crippen molar-refractivity contribution in [1.82, 2.24) is 0 Å². The van der Waals surface area contributed by atoms with Crippen LogP contribution < -0.4 is 4.90 Å². The number of nitrogens with zero attached hydrogens (tertiary/aromatic N) is 1. The van der Waals surface area contributed by atoms with E-state index in [4.69, 9.17) is 4.99 Å². The van der Waals surface area contributed by atoms with Crippen LogP contribution in [-0.2, 0) is 5.54 Å². The Hall–Kier alpha value is -1.93. The lowest BCUT2D eigenvalue weighted by atomic mass is 9.89. The van der Waals surface area contributed by atoms with E-state index in [-0.39, 0.29) is 5.54 Å². The molecule has 1 unspecified atom stereocenters. The van der Waals surface area contributed by atoms with E-state index in [1.54, 1.807) is 5.56 Å². The van der Waals surface area contributed by atoms with Gasteiger partial charge in [0.05, 0.1) is 12.1 Å². The summed E-state index contributed by atoms with van der Waals surface area (Å²) in [6, 6.07) is 22.5. The number of rotatable bonds is 3. The number of fused-ring (bicyclic) bond motifs is 3. The lowest BCUT2D eigenvalue weighted by Gasteiger charge is -2.26. The summed E-state index contributed by atoms with van der Waals surface area (Å²) in [5, 5.41) is 0. The van der Waals surface area contributed by atoms with Crippen molar-refractivity contribution >= 4 is 5.71 Å². The Kier molecular flexibility index (Phi) is 4.37. The third-order valence-corrected chi connectivity index (χ3v) is 8.19. The van der Waals surface area contributed by atoms with Crippen LogP contribution in [0.2, 0.25) is 0 Å². The Balaban J connectivity index is 1.49. The minimum absolute atomic E-state index is 0.118.